The number of hydrogen-bond acceptors (Lipinski definition) is 5. The number of alkyl halides is 3. The van der Waals surface area contributed by atoms with Crippen molar-refractivity contribution in [2.24, 2.45) is 7.05 Å². The predicted octanol–water partition coefficient (Wildman–Crippen LogP) is 4.69. The Morgan fingerprint density at radius 1 is 1.14 bits per heavy atom. The van der Waals surface area contributed by atoms with Crippen LogP contribution in [-0.2, 0) is 11.8 Å². The molecule has 0 saturated carbocycles. The third kappa shape index (κ3) is 6.08. The number of nitrogens with one attached hydrogen (secondary N) is 2. The first-order valence-corrected chi connectivity index (χ1v) is 12.1. The van der Waals surface area contributed by atoms with Crippen molar-refractivity contribution >= 4 is 34.2 Å². The molecule has 0 bridgehead atoms. The van der Waals surface area contributed by atoms with Crippen LogP contribution in [0.5, 0.6) is 0 Å². The van der Waals surface area contributed by atoms with Gasteiger partial charge in [0, 0.05) is 24.5 Å². The van der Waals surface area contributed by atoms with Gasteiger partial charge >= 0.3 is 6.18 Å². The highest BCUT2D eigenvalue weighted by atomic mass is 19.4. The number of nitrogens with two attached hydrogens (primary N) is 1. The average Bonchev–Trinajstić information content (AvgIpc) is 3.25. The first kappa shape index (κ1) is 29.8. The molecule has 5 N–H and O–H groups in total. The molecule has 2 aromatic heterocycles. The summed E-state index contributed by atoms with van der Waals surface area (Å²) in [4.78, 5) is 28.1. The normalized spacial score (nSPS) is 11.1. The van der Waals surface area contributed by atoms with Gasteiger partial charge in [-0.05, 0) is 35.4 Å². The largest absolute Gasteiger partial charge is 0.405 e. The number of nitrogens with zero attached hydrogens (tertiary/aromatic N) is 2. The zero-order valence-corrected chi connectivity index (χ0v) is 21.9. The number of aliphatic hydroxyl groups excluding tert-OH is 1. The first-order valence-electron chi connectivity index (χ1n) is 12.1. The Morgan fingerprint density at radius 2 is 1.81 bits per heavy atom. The van der Waals surface area contributed by atoms with E-state index in [0.29, 0.717) is 33.3 Å². The zero-order chi connectivity index (χ0) is 30.8. The van der Waals surface area contributed by atoms with Gasteiger partial charge in [-0.3, -0.25) is 9.59 Å². The van der Waals surface area contributed by atoms with Crippen LogP contribution >= 0.6 is 0 Å². The molecular formula is C29H22F5N5O3. The molecule has 2 aromatic carbocycles. The van der Waals surface area contributed by atoms with Crippen molar-refractivity contribution in [3.63, 3.8) is 0 Å². The number of benzene rings is 2. The summed E-state index contributed by atoms with van der Waals surface area (Å²) in [6.07, 6.45) is -3.27. The Labute approximate surface area is 235 Å². The van der Waals surface area contributed by atoms with Crippen LogP contribution in [0.1, 0.15) is 15.9 Å². The smallest absolute Gasteiger partial charge is 0.384 e. The lowest BCUT2D eigenvalue weighted by Gasteiger charge is -2.12. The van der Waals surface area contributed by atoms with Crippen molar-refractivity contribution in [2.45, 2.75) is 6.18 Å². The second-order valence-electron chi connectivity index (χ2n) is 8.95. The molecule has 216 valence electrons. The lowest BCUT2D eigenvalue weighted by Crippen LogP contribution is -2.34. The van der Waals surface area contributed by atoms with Crippen LogP contribution < -0.4 is 16.4 Å². The maximum Gasteiger partial charge on any atom is 0.405 e. The molecule has 8 nitrogen and oxygen atoms in total. The number of rotatable bonds is 6. The molecular weight excluding hydrogens is 561 g/mol. The van der Waals surface area contributed by atoms with Gasteiger partial charge in [0.2, 0.25) is 0 Å². The summed E-state index contributed by atoms with van der Waals surface area (Å²) < 4.78 is 67.7. The van der Waals surface area contributed by atoms with Crippen molar-refractivity contribution in [1.29, 1.82) is 0 Å². The van der Waals surface area contributed by atoms with Crippen LogP contribution in [0.25, 0.3) is 33.3 Å². The minimum atomic E-state index is -4.68. The number of pyridine rings is 1. The number of aliphatic hydroxyl groups is 1. The molecule has 0 unspecified atom stereocenters. The number of carbonyl (C=O) groups is 2. The van der Waals surface area contributed by atoms with E-state index in [-0.39, 0.29) is 17.1 Å². The molecule has 0 aliphatic heterocycles. The van der Waals surface area contributed by atoms with Gasteiger partial charge < -0.3 is 26.0 Å². The minimum absolute atomic E-state index is 0.0501. The molecule has 2 heterocycles. The van der Waals surface area contributed by atoms with E-state index in [9.17, 15) is 32.3 Å². The van der Waals surface area contributed by atoms with Crippen molar-refractivity contribution in [1.82, 2.24) is 14.9 Å². The lowest BCUT2D eigenvalue weighted by atomic mass is 9.96. The summed E-state index contributed by atoms with van der Waals surface area (Å²) in [5, 5.41) is 13.6. The van der Waals surface area contributed by atoms with Crippen LogP contribution in [0.4, 0.5) is 33.5 Å². The number of fused-ring (bicyclic) bond motifs is 1. The van der Waals surface area contributed by atoms with Crippen LogP contribution in [0.15, 0.2) is 61.1 Å². The zero-order valence-electron chi connectivity index (χ0n) is 21.9. The van der Waals surface area contributed by atoms with E-state index in [0.717, 1.165) is 12.1 Å². The number of hydrogen-bond donors (Lipinski definition) is 4. The molecule has 4 rings (SSSR count). The van der Waals surface area contributed by atoms with Crippen molar-refractivity contribution in [3.8, 4) is 34.2 Å². The minimum Gasteiger partial charge on any atom is -0.384 e. The van der Waals surface area contributed by atoms with E-state index >= 15 is 4.39 Å². The fourth-order valence-electron chi connectivity index (χ4n) is 4.39. The fraction of sp³-hybridized carbons (Fsp3) is 0.138. The number of amides is 2. The van der Waals surface area contributed by atoms with E-state index in [1.807, 2.05) is 0 Å². The second kappa shape index (κ2) is 11.7. The maximum atomic E-state index is 15.2. The summed E-state index contributed by atoms with van der Waals surface area (Å²) in [5.74, 6) is 0.880. The van der Waals surface area contributed by atoms with E-state index in [1.54, 1.807) is 29.1 Å². The number of carbonyl (C=O) groups excluding carboxylic acids is 2. The average molecular weight is 584 g/mol. The summed E-state index contributed by atoms with van der Waals surface area (Å²) in [6.45, 7) is 0.886. The monoisotopic (exact) mass is 583 g/mol. The quantitative estimate of drug-likeness (QED) is 0.149. The van der Waals surface area contributed by atoms with E-state index in [2.05, 4.69) is 28.7 Å². The van der Waals surface area contributed by atoms with E-state index < -0.39 is 48.3 Å². The summed E-state index contributed by atoms with van der Waals surface area (Å²) in [6, 6.07) is 9.62. The molecule has 2 amide bonds. The van der Waals surface area contributed by atoms with Gasteiger partial charge in [-0.1, -0.05) is 36.6 Å². The Bertz CT molecular complexity index is 1780. The summed E-state index contributed by atoms with van der Waals surface area (Å²) in [7, 11) is 1.68. The molecule has 0 atom stereocenters. The van der Waals surface area contributed by atoms with Crippen LogP contribution in [0.2, 0.25) is 0 Å². The van der Waals surface area contributed by atoms with Crippen molar-refractivity contribution in [3.05, 3.63) is 78.0 Å². The van der Waals surface area contributed by atoms with Gasteiger partial charge in [0.05, 0.1) is 27.7 Å². The van der Waals surface area contributed by atoms with E-state index in [4.69, 9.17) is 5.73 Å². The molecule has 0 fully saturated rings. The number of anilines is 2. The van der Waals surface area contributed by atoms with Gasteiger partial charge in [0.1, 0.15) is 24.8 Å². The van der Waals surface area contributed by atoms with Gasteiger partial charge in [-0.15, -0.1) is 0 Å². The van der Waals surface area contributed by atoms with Crippen LogP contribution in [-0.4, -0.2) is 45.8 Å². The van der Waals surface area contributed by atoms with Gasteiger partial charge in [-0.2, -0.15) is 13.2 Å². The highest BCUT2D eigenvalue weighted by Crippen LogP contribution is 2.43. The van der Waals surface area contributed by atoms with Gasteiger partial charge in [0.25, 0.3) is 11.8 Å². The number of nitrogen functional groups attached to an aromatic ring is 1. The second-order valence-corrected chi connectivity index (χ2v) is 8.95. The van der Waals surface area contributed by atoms with Crippen molar-refractivity contribution < 1.29 is 36.6 Å². The number of halogens is 5. The van der Waals surface area contributed by atoms with Crippen molar-refractivity contribution in [2.75, 3.05) is 24.2 Å². The standard InChI is InChI=1S/C29H22F5N5O3/c1-15(30)27(41)38-19-8-5-16(6-9-19)24-22(23-25(39(24)2)18(4-3-11-40)13-36-26(23)35)17-7-10-20(21(31)12-17)28(42)37-14-29(32,33)34/h5-10,12-13,40H,1,11,14H2,2H3,(H2,35,36)(H,37,42)(H,38,41). The SMILES string of the molecule is C=C(F)C(=O)Nc1ccc(-c2c(-c3ccc(C(=O)NCC(F)(F)F)c(F)c3)c3c(N)ncc(C#CCO)c3n2C)cc1. The number of aromatic nitrogens is 2. The summed E-state index contributed by atoms with van der Waals surface area (Å²) in [5.41, 5.74) is 8.39. The molecule has 42 heavy (non-hydrogen) atoms. The predicted molar refractivity (Wildman–Crippen MR) is 147 cm³/mol. The lowest BCUT2D eigenvalue weighted by molar-refractivity contribution is -0.123. The van der Waals surface area contributed by atoms with Gasteiger partial charge in [0.15, 0.2) is 5.83 Å². The highest BCUT2D eigenvalue weighted by Gasteiger charge is 2.29. The molecule has 0 saturated heterocycles. The molecule has 0 aliphatic rings. The molecule has 13 heteroatoms. The summed E-state index contributed by atoms with van der Waals surface area (Å²) >= 11 is 0. The molecule has 0 radical (unpaired) electrons. The van der Waals surface area contributed by atoms with Crippen LogP contribution in [0, 0.1) is 17.7 Å². The maximum absolute atomic E-state index is 15.2. The third-order valence-electron chi connectivity index (χ3n) is 6.15. The van der Waals surface area contributed by atoms with E-state index in [1.165, 1.54) is 24.4 Å². The molecule has 0 aliphatic carbocycles. The molecule has 4 aromatic rings. The third-order valence-corrected chi connectivity index (χ3v) is 6.15. The Morgan fingerprint density at radius 3 is 2.40 bits per heavy atom. The Hall–Kier alpha value is -5.22. The highest BCUT2D eigenvalue weighted by molar-refractivity contribution is 6.11. The number of aryl methyl sites for hydroxylation is 1. The first-order chi connectivity index (χ1) is 19.8. The van der Waals surface area contributed by atoms with Crippen LogP contribution in [0.3, 0.4) is 0 Å². The fourth-order valence-corrected chi connectivity index (χ4v) is 4.39. The topological polar surface area (TPSA) is 122 Å². The molecule has 0 spiro atoms. The Kier molecular flexibility index (Phi) is 8.30. The Balaban J connectivity index is 1.92. The van der Waals surface area contributed by atoms with Gasteiger partial charge in [-0.25, -0.2) is 13.8 Å².